The van der Waals surface area contributed by atoms with Crippen molar-refractivity contribution in [3.63, 3.8) is 0 Å². The summed E-state index contributed by atoms with van der Waals surface area (Å²) >= 11 is 0. The summed E-state index contributed by atoms with van der Waals surface area (Å²) in [4.78, 5) is 0. The summed E-state index contributed by atoms with van der Waals surface area (Å²) in [6, 6.07) is 0. The Kier molecular flexibility index (Phi) is 3.60. The molecule has 0 aromatic carbocycles. The van der Waals surface area contributed by atoms with E-state index in [0.29, 0.717) is 12.7 Å². The van der Waals surface area contributed by atoms with Gasteiger partial charge in [-0.25, -0.2) is 0 Å². The molecule has 0 spiro atoms. The lowest BCUT2D eigenvalue weighted by Crippen LogP contribution is -2.35. The molecule has 0 amide bonds. The number of hydrogen-bond donors (Lipinski definition) is 1. The van der Waals surface area contributed by atoms with Crippen LogP contribution in [0, 0.1) is 11.8 Å². The molecule has 0 aromatic heterocycles. The first-order chi connectivity index (χ1) is 6.92. The number of hydrogen-bond acceptors (Lipinski definition) is 2. The fourth-order valence-electron chi connectivity index (χ4n) is 2.89. The number of rotatable bonds is 3. The lowest BCUT2D eigenvalue weighted by Gasteiger charge is -2.39. The minimum atomic E-state index is 0.156. The Hall–Kier alpha value is -0.340. The molecular formula is C12H20O2. The van der Waals surface area contributed by atoms with E-state index in [9.17, 15) is 0 Å². The van der Waals surface area contributed by atoms with E-state index in [4.69, 9.17) is 9.84 Å². The summed E-state index contributed by atoms with van der Waals surface area (Å²) < 4.78 is 5.72. The van der Waals surface area contributed by atoms with Crippen LogP contribution in [0.3, 0.4) is 0 Å². The van der Waals surface area contributed by atoms with Crippen LogP contribution in [0.25, 0.3) is 0 Å². The van der Waals surface area contributed by atoms with Crippen molar-refractivity contribution < 1.29 is 9.84 Å². The van der Waals surface area contributed by atoms with Crippen molar-refractivity contribution in [3.05, 3.63) is 12.2 Å². The fraction of sp³-hybridized carbons (Fsp3) is 0.833. The number of aliphatic hydroxyl groups excluding tert-OH is 1. The fourth-order valence-corrected chi connectivity index (χ4v) is 2.89. The molecule has 0 aromatic rings. The molecule has 0 radical (unpaired) electrons. The Bertz CT molecular complexity index is 200. The predicted molar refractivity (Wildman–Crippen MR) is 56.0 cm³/mol. The van der Waals surface area contributed by atoms with Gasteiger partial charge < -0.3 is 9.84 Å². The third-order valence-electron chi connectivity index (χ3n) is 3.58. The van der Waals surface area contributed by atoms with E-state index in [0.717, 1.165) is 11.8 Å². The first kappa shape index (κ1) is 10.2. The van der Waals surface area contributed by atoms with E-state index in [-0.39, 0.29) is 6.61 Å². The maximum absolute atomic E-state index is 8.75. The lowest BCUT2D eigenvalue weighted by molar-refractivity contribution is -0.0449. The maximum atomic E-state index is 8.75. The molecule has 2 aliphatic carbocycles. The molecule has 2 nitrogen and oxygen atoms in total. The highest BCUT2D eigenvalue weighted by Gasteiger charge is 2.33. The molecular weight excluding hydrogens is 176 g/mol. The third kappa shape index (κ3) is 2.18. The van der Waals surface area contributed by atoms with Crippen LogP contribution in [0.1, 0.15) is 32.1 Å². The highest BCUT2D eigenvalue weighted by molar-refractivity contribution is 4.98. The molecule has 2 aliphatic rings. The number of ether oxygens (including phenoxy) is 1. The van der Waals surface area contributed by atoms with E-state index >= 15 is 0 Å². The smallest absolute Gasteiger partial charge is 0.0701 e. The Morgan fingerprint density at radius 2 is 2.07 bits per heavy atom. The SMILES string of the molecule is OCCOC1CCCC2CC=CCC21. The van der Waals surface area contributed by atoms with Crippen LogP contribution in [-0.2, 0) is 4.74 Å². The van der Waals surface area contributed by atoms with Crippen LogP contribution in [0.4, 0.5) is 0 Å². The summed E-state index contributed by atoms with van der Waals surface area (Å²) in [6.45, 7) is 0.668. The van der Waals surface area contributed by atoms with Gasteiger partial charge in [0.1, 0.15) is 0 Å². The van der Waals surface area contributed by atoms with Gasteiger partial charge in [0.25, 0.3) is 0 Å². The zero-order valence-corrected chi connectivity index (χ0v) is 8.69. The molecule has 2 rings (SSSR count). The molecule has 0 heterocycles. The van der Waals surface area contributed by atoms with Gasteiger partial charge in [-0.2, -0.15) is 0 Å². The van der Waals surface area contributed by atoms with E-state index in [2.05, 4.69) is 12.2 Å². The second kappa shape index (κ2) is 4.94. The largest absolute Gasteiger partial charge is 0.394 e. The Labute approximate surface area is 86.0 Å². The number of aliphatic hydroxyl groups is 1. The van der Waals surface area contributed by atoms with Crippen LogP contribution < -0.4 is 0 Å². The zero-order valence-electron chi connectivity index (χ0n) is 8.69. The first-order valence-electron chi connectivity index (χ1n) is 5.79. The summed E-state index contributed by atoms with van der Waals surface area (Å²) in [5.74, 6) is 1.57. The summed E-state index contributed by atoms with van der Waals surface area (Å²) in [5.41, 5.74) is 0. The van der Waals surface area contributed by atoms with E-state index in [1.165, 1.54) is 32.1 Å². The van der Waals surface area contributed by atoms with Gasteiger partial charge in [-0.3, -0.25) is 0 Å². The highest BCUT2D eigenvalue weighted by atomic mass is 16.5. The van der Waals surface area contributed by atoms with Crippen molar-refractivity contribution in [3.8, 4) is 0 Å². The maximum Gasteiger partial charge on any atom is 0.0701 e. The molecule has 2 heteroatoms. The van der Waals surface area contributed by atoms with Gasteiger partial charge in [0, 0.05) is 0 Å². The minimum Gasteiger partial charge on any atom is -0.394 e. The topological polar surface area (TPSA) is 29.5 Å². The zero-order chi connectivity index (χ0) is 9.80. The van der Waals surface area contributed by atoms with Crippen LogP contribution in [-0.4, -0.2) is 24.4 Å². The molecule has 80 valence electrons. The van der Waals surface area contributed by atoms with E-state index in [1.807, 2.05) is 0 Å². The second-order valence-electron chi connectivity index (χ2n) is 4.43. The van der Waals surface area contributed by atoms with Gasteiger partial charge in [0.05, 0.1) is 19.3 Å². The van der Waals surface area contributed by atoms with Crippen molar-refractivity contribution in [2.45, 2.75) is 38.2 Å². The molecule has 3 atom stereocenters. The molecule has 0 saturated heterocycles. The van der Waals surface area contributed by atoms with Crippen LogP contribution in [0.5, 0.6) is 0 Å². The summed E-state index contributed by atoms with van der Waals surface area (Å²) in [7, 11) is 0. The van der Waals surface area contributed by atoms with Gasteiger partial charge in [-0.1, -0.05) is 18.6 Å². The molecule has 14 heavy (non-hydrogen) atoms. The van der Waals surface area contributed by atoms with Crippen molar-refractivity contribution in [1.82, 2.24) is 0 Å². The van der Waals surface area contributed by atoms with Crippen molar-refractivity contribution >= 4 is 0 Å². The van der Waals surface area contributed by atoms with Crippen LogP contribution >= 0.6 is 0 Å². The van der Waals surface area contributed by atoms with Crippen molar-refractivity contribution in [2.75, 3.05) is 13.2 Å². The average molecular weight is 196 g/mol. The average Bonchev–Trinajstić information content (AvgIpc) is 2.26. The van der Waals surface area contributed by atoms with Gasteiger partial charge in [-0.05, 0) is 37.5 Å². The normalized spacial score (nSPS) is 36.8. The van der Waals surface area contributed by atoms with Crippen molar-refractivity contribution in [1.29, 1.82) is 0 Å². The molecule has 0 bridgehead atoms. The van der Waals surface area contributed by atoms with Crippen LogP contribution in [0.15, 0.2) is 12.2 Å². The van der Waals surface area contributed by atoms with Gasteiger partial charge >= 0.3 is 0 Å². The van der Waals surface area contributed by atoms with E-state index in [1.54, 1.807) is 0 Å². The Morgan fingerprint density at radius 3 is 2.93 bits per heavy atom. The molecule has 1 N–H and O–H groups in total. The molecule has 1 fully saturated rings. The second-order valence-corrected chi connectivity index (χ2v) is 4.43. The Balaban J connectivity index is 1.92. The van der Waals surface area contributed by atoms with Gasteiger partial charge in [-0.15, -0.1) is 0 Å². The van der Waals surface area contributed by atoms with Gasteiger partial charge in [0.2, 0.25) is 0 Å². The summed E-state index contributed by atoms with van der Waals surface area (Å²) in [5, 5.41) is 8.75. The first-order valence-corrected chi connectivity index (χ1v) is 5.79. The van der Waals surface area contributed by atoms with Gasteiger partial charge in [0.15, 0.2) is 0 Å². The molecule has 1 saturated carbocycles. The Morgan fingerprint density at radius 1 is 1.21 bits per heavy atom. The lowest BCUT2D eigenvalue weighted by atomic mass is 9.72. The highest BCUT2D eigenvalue weighted by Crippen LogP contribution is 2.39. The van der Waals surface area contributed by atoms with Crippen molar-refractivity contribution in [2.24, 2.45) is 11.8 Å². The monoisotopic (exact) mass is 196 g/mol. The minimum absolute atomic E-state index is 0.156. The number of fused-ring (bicyclic) bond motifs is 1. The molecule has 0 aliphatic heterocycles. The van der Waals surface area contributed by atoms with E-state index < -0.39 is 0 Å². The van der Waals surface area contributed by atoms with Crippen LogP contribution in [0.2, 0.25) is 0 Å². The number of allylic oxidation sites excluding steroid dienone is 2. The summed E-state index contributed by atoms with van der Waals surface area (Å²) in [6.07, 6.45) is 11.3. The molecule has 3 unspecified atom stereocenters. The third-order valence-corrected chi connectivity index (χ3v) is 3.58. The quantitative estimate of drug-likeness (QED) is 0.701. The predicted octanol–water partition coefficient (Wildman–Crippen LogP) is 2.13. The standard InChI is InChI=1S/C12H20O2/c13-8-9-14-12-7-3-5-10-4-1-2-6-11(10)12/h1-2,10-13H,3-9H2.